The van der Waals surface area contributed by atoms with E-state index in [1.54, 1.807) is 0 Å². The van der Waals surface area contributed by atoms with Gasteiger partial charge in [-0.3, -0.25) is 9.59 Å². The number of aldehydes is 1. The van der Waals surface area contributed by atoms with Crippen molar-refractivity contribution >= 4 is 12.1 Å². The Bertz CT molecular complexity index is 836. The zero-order chi connectivity index (χ0) is 20.8. The van der Waals surface area contributed by atoms with E-state index >= 15 is 0 Å². The van der Waals surface area contributed by atoms with Crippen LogP contribution in [0.2, 0.25) is 0 Å². The maximum absolute atomic E-state index is 12.9. The van der Waals surface area contributed by atoms with Gasteiger partial charge in [0.25, 0.3) is 0 Å². The molecule has 0 saturated heterocycles. The van der Waals surface area contributed by atoms with Gasteiger partial charge in [-0.2, -0.15) is 0 Å². The predicted molar refractivity (Wildman–Crippen MR) is 107 cm³/mol. The van der Waals surface area contributed by atoms with Crippen molar-refractivity contribution < 1.29 is 24.5 Å². The largest absolute Gasteiger partial charge is 0.507 e. The Morgan fingerprint density at radius 2 is 1.96 bits per heavy atom. The fourth-order valence-electron chi connectivity index (χ4n) is 4.38. The number of ketones is 1. The molecule has 0 bridgehead atoms. The van der Waals surface area contributed by atoms with Gasteiger partial charge in [0.15, 0.2) is 12.1 Å². The number of aromatic hydroxyl groups is 2. The molecule has 152 valence electrons. The molecular formula is C23H30O5. The van der Waals surface area contributed by atoms with Crippen molar-refractivity contribution in [3.8, 4) is 17.2 Å². The van der Waals surface area contributed by atoms with Gasteiger partial charge in [-0.1, -0.05) is 33.8 Å². The Kier molecular flexibility index (Phi) is 5.30. The van der Waals surface area contributed by atoms with Crippen molar-refractivity contribution in [2.24, 2.45) is 23.7 Å². The molecule has 1 aromatic rings. The van der Waals surface area contributed by atoms with Gasteiger partial charge in [-0.15, -0.1) is 0 Å². The number of carbonyl (C=O) groups excluding carboxylic acids is 2. The molecule has 3 rings (SSSR count). The zero-order valence-electron chi connectivity index (χ0n) is 17.3. The highest BCUT2D eigenvalue weighted by Crippen LogP contribution is 2.52. The third-order valence-electron chi connectivity index (χ3n) is 6.19. The normalized spacial score (nSPS) is 26.0. The molecule has 0 aromatic heterocycles. The highest BCUT2D eigenvalue weighted by Gasteiger charge is 2.46. The number of phenols is 2. The highest BCUT2D eigenvalue weighted by atomic mass is 16.5. The molecular weight excluding hydrogens is 356 g/mol. The summed E-state index contributed by atoms with van der Waals surface area (Å²) < 4.78 is 6.30. The van der Waals surface area contributed by atoms with E-state index in [4.69, 9.17) is 4.74 Å². The second-order valence-electron chi connectivity index (χ2n) is 9.12. The van der Waals surface area contributed by atoms with E-state index in [1.807, 2.05) is 26.8 Å². The van der Waals surface area contributed by atoms with E-state index in [0.717, 1.165) is 6.42 Å². The summed E-state index contributed by atoms with van der Waals surface area (Å²) in [6, 6.07) is 0. The Labute approximate surface area is 166 Å². The summed E-state index contributed by atoms with van der Waals surface area (Å²) in [6.45, 7) is 10.2. The first-order chi connectivity index (χ1) is 13.1. The first kappa shape index (κ1) is 20.4. The molecule has 0 radical (unpaired) electrons. The third-order valence-corrected chi connectivity index (χ3v) is 6.19. The van der Waals surface area contributed by atoms with Crippen LogP contribution in [0.4, 0.5) is 0 Å². The van der Waals surface area contributed by atoms with Crippen LogP contribution in [0, 0.1) is 23.7 Å². The number of benzene rings is 1. The second kappa shape index (κ2) is 7.26. The first-order valence-electron chi connectivity index (χ1n) is 10.1. The lowest BCUT2D eigenvalue weighted by molar-refractivity contribution is 0.0298. The van der Waals surface area contributed by atoms with Crippen LogP contribution in [0.15, 0.2) is 12.2 Å². The lowest BCUT2D eigenvalue weighted by atomic mass is 9.69. The second-order valence-corrected chi connectivity index (χ2v) is 9.12. The zero-order valence-corrected chi connectivity index (χ0v) is 17.3. The van der Waals surface area contributed by atoms with Crippen LogP contribution in [-0.4, -0.2) is 27.9 Å². The fraction of sp³-hybridized carbons (Fsp3) is 0.565. The van der Waals surface area contributed by atoms with Crippen molar-refractivity contribution in [3.05, 3.63) is 28.8 Å². The van der Waals surface area contributed by atoms with E-state index < -0.39 is 11.4 Å². The molecule has 0 amide bonds. The standard InChI is InChI=1S/C23H30O5/c1-12(2)8-18(25)19-21(27)17(11-24)20(26)16-10-15-9-14(13(3)4)6-7-23(15,5)28-22(16)19/h6-7,11-15,26-27H,8-10H2,1-5H3/t14-,15+,23+/m0/s1. The molecule has 28 heavy (non-hydrogen) atoms. The lowest BCUT2D eigenvalue weighted by Gasteiger charge is -2.45. The minimum Gasteiger partial charge on any atom is -0.507 e. The topological polar surface area (TPSA) is 83.8 Å². The maximum atomic E-state index is 12.9. The molecule has 1 aliphatic heterocycles. The van der Waals surface area contributed by atoms with E-state index in [-0.39, 0.29) is 46.7 Å². The van der Waals surface area contributed by atoms with Crippen LogP contribution >= 0.6 is 0 Å². The Morgan fingerprint density at radius 3 is 2.54 bits per heavy atom. The van der Waals surface area contributed by atoms with Gasteiger partial charge in [0.05, 0.1) is 5.56 Å². The molecule has 2 N–H and O–H groups in total. The number of hydrogen-bond acceptors (Lipinski definition) is 5. The Balaban J connectivity index is 2.15. The number of carbonyl (C=O) groups is 2. The van der Waals surface area contributed by atoms with Gasteiger partial charge in [-0.05, 0) is 43.6 Å². The van der Waals surface area contributed by atoms with E-state index in [0.29, 0.717) is 30.1 Å². The quantitative estimate of drug-likeness (QED) is 0.436. The lowest BCUT2D eigenvalue weighted by Crippen LogP contribution is -2.47. The molecule has 0 saturated carbocycles. The molecule has 0 fully saturated rings. The van der Waals surface area contributed by atoms with Crippen molar-refractivity contribution in [2.75, 3.05) is 0 Å². The van der Waals surface area contributed by atoms with Gasteiger partial charge < -0.3 is 14.9 Å². The van der Waals surface area contributed by atoms with Gasteiger partial charge in [-0.25, -0.2) is 0 Å². The molecule has 2 aliphatic rings. The number of phenolic OH excluding ortho intramolecular Hbond substituents is 2. The molecule has 0 unspecified atom stereocenters. The van der Waals surface area contributed by atoms with Crippen molar-refractivity contribution in [1.29, 1.82) is 0 Å². The smallest absolute Gasteiger partial charge is 0.170 e. The molecule has 3 atom stereocenters. The summed E-state index contributed by atoms with van der Waals surface area (Å²) in [5, 5.41) is 21.2. The van der Waals surface area contributed by atoms with Gasteiger partial charge >= 0.3 is 0 Å². The third kappa shape index (κ3) is 3.31. The van der Waals surface area contributed by atoms with Gasteiger partial charge in [0, 0.05) is 17.9 Å². The molecule has 1 aliphatic carbocycles. The van der Waals surface area contributed by atoms with Crippen LogP contribution < -0.4 is 4.74 Å². The monoisotopic (exact) mass is 386 g/mol. The Hall–Kier alpha value is -2.30. The van der Waals surface area contributed by atoms with Crippen LogP contribution in [0.3, 0.4) is 0 Å². The first-order valence-corrected chi connectivity index (χ1v) is 10.1. The van der Waals surface area contributed by atoms with E-state index in [2.05, 4.69) is 19.9 Å². The number of ether oxygens (including phenoxy) is 1. The average molecular weight is 386 g/mol. The minimum absolute atomic E-state index is 0.0164. The molecule has 1 aromatic carbocycles. The summed E-state index contributed by atoms with van der Waals surface area (Å²) in [5.74, 6) is 0.274. The van der Waals surface area contributed by atoms with Crippen LogP contribution in [0.5, 0.6) is 17.2 Å². The summed E-state index contributed by atoms with van der Waals surface area (Å²) in [4.78, 5) is 24.4. The summed E-state index contributed by atoms with van der Waals surface area (Å²) in [7, 11) is 0. The number of fused-ring (bicyclic) bond motifs is 2. The summed E-state index contributed by atoms with van der Waals surface area (Å²) in [5.41, 5.74) is -0.382. The fourth-order valence-corrected chi connectivity index (χ4v) is 4.38. The molecule has 5 nitrogen and oxygen atoms in total. The van der Waals surface area contributed by atoms with E-state index in [1.165, 1.54) is 0 Å². The highest BCUT2D eigenvalue weighted by molar-refractivity contribution is 6.05. The predicted octanol–water partition coefficient (Wildman–Crippen LogP) is 4.68. The van der Waals surface area contributed by atoms with Crippen molar-refractivity contribution in [1.82, 2.24) is 0 Å². The summed E-state index contributed by atoms with van der Waals surface area (Å²) in [6.07, 6.45) is 6.24. The van der Waals surface area contributed by atoms with Gasteiger partial charge in [0.1, 0.15) is 28.4 Å². The average Bonchev–Trinajstić information content (AvgIpc) is 2.59. The maximum Gasteiger partial charge on any atom is 0.170 e. The molecule has 0 spiro atoms. The molecule has 1 heterocycles. The van der Waals surface area contributed by atoms with Crippen molar-refractivity contribution in [3.63, 3.8) is 0 Å². The number of rotatable bonds is 5. The van der Waals surface area contributed by atoms with Crippen LogP contribution in [0.1, 0.15) is 73.7 Å². The summed E-state index contributed by atoms with van der Waals surface area (Å²) >= 11 is 0. The van der Waals surface area contributed by atoms with Crippen molar-refractivity contribution in [2.45, 2.75) is 59.5 Å². The number of allylic oxidation sites excluding steroid dienone is 1. The van der Waals surface area contributed by atoms with E-state index in [9.17, 15) is 19.8 Å². The van der Waals surface area contributed by atoms with Crippen LogP contribution in [0.25, 0.3) is 0 Å². The number of Topliss-reactive ketones (excluding diaryl/α,β-unsaturated/α-hetero) is 1. The molecule has 5 heteroatoms. The Morgan fingerprint density at radius 1 is 1.29 bits per heavy atom. The minimum atomic E-state index is -0.618. The van der Waals surface area contributed by atoms with Crippen LogP contribution in [-0.2, 0) is 6.42 Å². The van der Waals surface area contributed by atoms with Gasteiger partial charge in [0.2, 0.25) is 0 Å². The number of hydrogen-bond donors (Lipinski definition) is 2. The SMILES string of the molecule is CC(C)CC(=O)c1c(O)c(C=O)c(O)c2c1O[C@]1(C)C=C[C@H](C(C)C)C[C@@H]1C2.